The zero-order valence-corrected chi connectivity index (χ0v) is 17.2. The van der Waals surface area contributed by atoms with Gasteiger partial charge in [0.25, 0.3) is 0 Å². The van der Waals surface area contributed by atoms with Crippen molar-refractivity contribution in [2.45, 2.75) is 33.4 Å². The normalized spacial score (nSPS) is 11.1. The number of para-hydroxylation sites is 1. The van der Waals surface area contributed by atoms with Crippen LogP contribution in [0.15, 0.2) is 47.5 Å². The van der Waals surface area contributed by atoms with Crippen molar-refractivity contribution in [3.05, 3.63) is 53.6 Å². The molecule has 0 unspecified atom stereocenters. The highest BCUT2D eigenvalue weighted by Gasteiger charge is 2.07. The van der Waals surface area contributed by atoms with Crippen LogP contribution in [0.5, 0.6) is 17.2 Å². The average Bonchev–Trinajstić information content (AvgIpc) is 2.74. The molecule has 0 aliphatic carbocycles. The van der Waals surface area contributed by atoms with E-state index in [1.54, 1.807) is 14.2 Å². The van der Waals surface area contributed by atoms with Gasteiger partial charge in [0.2, 0.25) is 0 Å². The van der Waals surface area contributed by atoms with Crippen LogP contribution in [0.1, 0.15) is 31.4 Å². The van der Waals surface area contributed by atoms with Gasteiger partial charge in [-0.2, -0.15) is 0 Å². The minimum Gasteiger partial charge on any atom is -0.496 e. The summed E-state index contributed by atoms with van der Waals surface area (Å²) >= 11 is 0. The third-order valence-corrected chi connectivity index (χ3v) is 4.09. The number of hydrogen-bond acceptors (Lipinski definition) is 4. The first kappa shape index (κ1) is 21.4. The molecule has 0 atom stereocenters. The van der Waals surface area contributed by atoms with E-state index in [2.05, 4.69) is 22.5 Å². The molecule has 0 fully saturated rings. The van der Waals surface area contributed by atoms with E-state index in [4.69, 9.17) is 14.2 Å². The molecule has 0 radical (unpaired) electrons. The van der Waals surface area contributed by atoms with E-state index in [1.807, 2.05) is 49.4 Å². The summed E-state index contributed by atoms with van der Waals surface area (Å²) in [4.78, 5) is 4.68. The molecule has 28 heavy (non-hydrogen) atoms. The largest absolute Gasteiger partial charge is 0.496 e. The van der Waals surface area contributed by atoms with Crippen LogP contribution in [-0.2, 0) is 13.1 Å². The second kappa shape index (κ2) is 11.7. The van der Waals surface area contributed by atoms with Gasteiger partial charge in [0.15, 0.2) is 17.5 Å². The number of ether oxygens (including phenoxy) is 3. The number of hydrogen-bond donors (Lipinski definition) is 2. The molecule has 2 N–H and O–H groups in total. The fraction of sp³-hybridized carbons (Fsp3) is 0.409. The first-order valence-corrected chi connectivity index (χ1v) is 9.65. The standard InChI is InChI=1S/C22H31N3O3/c1-5-13-28-20-12-11-17(14-21(20)27-4)15-24-22(23-6-2)25-16-18-9-7-8-10-19(18)26-3/h7-12,14H,5-6,13,15-16H2,1-4H3,(H2,23,24,25). The summed E-state index contributed by atoms with van der Waals surface area (Å²) in [5.41, 5.74) is 2.13. The van der Waals surface area contributed by atoms with Gasteiger partial charge in [-0.15, -0.1) is 0 Å². The molecule has 152 valence electrons. The highest BCUT2D eigenvalue weighted by Crippen LogP contribution is 2.28. The van der Waals surface area contributed by atoms with Crippen molar-refractivity contribution < 1.29 is 14.2 Å². The Balaban J connectivity index is 2.05. The molecule has 0 saturated carbocycles. The Hall–Kier alpha value is -2.89. The van der Waals surface area contributed by atoms with Gasteiger partial charge in [0, 0.05) is 18.7 Å². The summed E-state index contributed by atoms with van der Waals surface area (Å²) in [5.74, 6) is 3.10. The molecule has 0 saturated heterocycles. The number of nitrogens with zero attached hydrogens (tertiary/aromatic N) is 1. The van der Waals surface area contributed by atoms with Crippen LogP contribution in [0.25, 0.3) is 0 Å². The number of aliphatic imine (C=N–C) groups is 1. The summed E-state index contributed by atoms with van der Waals surface area (Å²) in [6.07, 6.45) is 0.957. The van der Waals surface area contributed by atoms with E-state index in [0.29, 0.717) is 19.7 Å². The lowest BCUT2D eigenvalue weighted by molar-refractivity contribution is 0.294. The van der Waals surface area contributed by atoms with Crippen molar-refractivity contribution in [3.8, 4) is 17.2 Å². The Kier molecular flexibility index (Phi) is 8.98. The maximum Gasteiger partial charge on any atom is 0.191 e. The topological polar surface area (TPSA) is 64.1 Å². The lowest BCUT2D eigenvalue weighted by Gasteiger charge is -2.14. The lowest BCUT2D eigenvalue weighted by atomic mass is 10.2. The molecule has 2 aromatic rings. The molecule has 6 nitrogen and oxygen atoms in total. The fourth-order valence-electron chi connectivity index (χ4n) is 2.68. The van der Waals surface area contributed by atoms with Gasteiger partial charge in [0.1, 0.15) is 5.75 Å². The SMILES string of the molecule is CCCOc1ccc(CN=C(NCC)NCc2ccccc2OC)cc1OC. The van der Waals surface area contributed by atoms with Gasteiger partial charge in [0.05, 0.1) is 27.4 Å². The van der Waals surface area contributed by atoms with E-state index < -0.39 is 0 Å². The Bertz CT molecular complexity index is 762. The number of rotatable bonds is 10. The highest BCUT2D eigenvalue weighted by atomic mass is 16.5. The Morgan fingerprint density at radius 1 is 0.929 bits per heavy atom. The zero-order chi connectivity index (χ0) is 20.2. The van der Waals surface area contributed by atoms with E-state index in [0.717, 1.165) is 47.3 Å². The summed E-state index contributed by atoms with van der Waals surface area (Å²) in [6.45, 7) is 6.74. The van der Waals surface area contributed by atoms with E-state index in [-0.39, 0.29) is 0 Å². The molecule has 6 heteroatoms. The Morgan fingerprint density at radius 2 is 1.71 bits per heavy atom. The van der Waals surface area contributed by atoms with E-state index in [1.165, 1.54) is 0 Å². The maximum absolute atomic E-state index is 5.71. The van der Waals surface area contributed by atoms with Gasteiger partial charge in [-0.25, -0.2) is 4.99 Å². The average molecular weight is 386 g/mol. The molecule has 0 bridgehead atoms. The minimum absolute atomic E-state index is 0.533. The van der Waals surface area contributed by atoms with E-state index >= 15 is 0 Å². The summed E-state index contributed by atoms with van der Waals surface area (Å²) in [5, 5.41) is 6.62. The predicted octanol–water partition coefficient (Wildman–Crippen LogP) is 3.75. The highest BCUT2D eigenvalue weighted by molar-refractivity contribution is 5.79. The predicted molar refractivity (Wildman–Crippen MR) is 113 cm³/mol. The molecule has 2 aromatic carbocycles. The molecular formula is C22H31N3O3. The maximum atomic E-state index is 5.71. The monoisotopic (exact) mass is 385 g/mol. The Morgan fingerprint density at radius 3 is 2.43 bits per heavy atom. The third kappa shape index (κ3) is 6.37. The minimum atomic E-state index is 0.533. The van der Waals surface area contributed by atoms with Gasteiger partial charge in [-0.3, -0.25) is 0 Å². The first-order chi connectivity index (χ1) is 13.7. The van der Waals surface area contributed by atoms with E-state index in [9.17, 15) is 0 Å². The van der Waals surface area contributed by atoms with Crippen LogP contribution >= 0.6 is 0 Å². The molecule has 0 heterocycles. The summed E-state index contributed by atoms with van der Waals surface area (Å²) in [6, 6.07) is 13.9. The quantitative estimate of drug-likeness (QED) is 0.482. The van der Waals surface area contributed by atoms with Crippen molar-refractivity contribution in [2.75, 3.05) is 27.4 Å². The summed E-state index contributed by atoms with van der Waals surface area (Å²) in [7, 11) is 3.33. The number of methoxy groups -OCH3 is 2. The molecular weight excluding hydrogens is 354 g/mol. The van der Waals surface area contributed by atoms with Gasteiger partial charge in [-0.1, -0.05) is 31.2 Å². The van der Waals surface area contributed by atoms with Crippen molar-refractivity contribution in [3.63, 3.8) is 0 Å². The smallest absolute Gasteiger partial charge is 0.191 e. The molecule has 0 spiro atoms. The molecule has 0 aliphatic rings. The van der Waals surface area contributed by atoms with Crippen molar-refractivity contribution >= 4 is 5.96 Å². The third-order valence-electron chi connectivity index (χ3n) is 4.09. The van der Waals surface area contributed by atoms with Crippen molar-refractivity contribution in [1.82, 2.24) is 10.6 Å². The molecule has 0 aromatic heterocycles. The lowest BCUT2D eigenvalue weighted by Crippen LogP contribution is -2.36. The van der Waals surface area contributed by atoms with Crippen LogP contribution < -0.4 is 24.8 Å². The molecule has 0 amide bonds. The van der Waals surface area contributed by atoms with Crippen molar-refractivity contribution in [1.29, 1.82) is 0 Å². The second-order valence-electron chi connectivity index (χ2n) is 6.19. The van der Waals surface area contributed by atoms with Gasteiger partial charge in [-0.05, 0) is 37.1 Å². The first-order valence-electron chi connectivity index (χ1n) is 9.65. The zero-order valence-electron chi connectivity index (χ0n) is 17.2. The van der Waals surface area contributed by atoms with Crippen LogP contribution in [0.4, 0.5) is 0 Å². The molecule has 0 aliphatic heterocycles. The second-order valence-corrected chi connectivity index (χ2v) is 6.19. The summed E-state index contributed by atoms with van der Waals surface area (Å²) < 4.78 is 16.6. The number of nitrogens with one attached hydrogen (secondary N) is 2. The van der Waals surface area contributed by atoms with Crippen LogP contribution in [0, 0.1) is 0 Å². The number of guanidine groups is 1. The number of benzene rings is 2. The Labute approximate surface area is 167 Å². The van der Waals surface area contributed by atoms with Crippen LogP contribution in [0.2, 0.25) is 0 Å². The van der Waals surface area contributed by atoms with Crippen LogP contribution in [-0.4, -0.2) is 33.3 Å². The van der Waals surface area contributed by atoms with Gasteiger partial charge >= 0.3 is 0 Å². The fourth-order valence-corrected chi connectivity index (χ4v) is 2.68. The molecule has 2 rings (SSSR count). The van der Waals surface area contributed by atoms with Crippen LogP contribution in [0.3, 0.4) is 0 Å². The van der Waals surface area contributed by atoms with Gasteiger partial charge < -0.3 is 24.8 Å². The van der Waals surface area contributed by atoms with Crippen molar-refractivity contribution in [2.24, 2.45) is 4.99 Å².